The summed E-state index contributed by atoms with van der Waals surface area (Å²) in [5.41, 5.74) is 0.256. The minimum absolute atomic E-state index is 0.149. The number of benzene rings is 1. The summed E-state index contributed by atoms with van der Waals surface area (Å²) in [7, 11) is 0. The molecule has 1 aromatic rings. The van der Waals surface area contributed by atoms with Crippen molar-refractivity contribution in [3.63, 3.8) is 0 Å². The zero-order valence-electron chi connectivity index (χ0n) is 9.19. The van der Waals surface area contributed by atoms with Gasteiger partial charge in [0.15, 0.2) is 0 Å². The number of hydrogen-bond donors (Lipinski definition) is 1. The van der Waals surface area contributed by atoms with Crippen LogP contribution in [0.25, 0.3) is 0 Å². The van der Waals surface area contributed by atoms with E-state index in [1.54, 1.807) is 6.07 Å². The summed E-state index contributed by atoms with van der Waals surface area (Å²) in [5.74, 6) is 0.355. The molecule has 3 rings (SSSR count). The standard InChI is InChI=1S/C13H16FNO/c14-12-4-2-1-3-10(12)7-15-8-13(16,9-15)11-5-6-11/h1-4,11,16H,5-9H2. The van der Waals surface area contributed by atoms with Gasteiger partial charge in [-0.25, -0.2) is 4.39 Å². The molecule has 0 spiro atoms. The Morgan fingerprint density at radius 2 is 2.00 bits per heavy atom. The molecule has 2 fully saturated rings. The van der Waals surface area contributed by atoms with Crippen molar-refractivity contribution in [3.05, 3.63) is 35.6 Å². The molecule has 16 heavy (non-hydrogen) atoms. The Morgan fingerprint density at radius 3 is 2.62 bits per heavy atom. The number of hydrogen-bond acceptors (Lipinski definition) is 2. The lowest BCUT2D eigenvalue weighted by Crippen LogP contribution is -2.62. The third kappa shape index (κ3) is 1.74. The lowest BCUT2D eigenvalue weighted by molar-refractivity contribution is -0.116. The van der Waals surface area contributed by atoms with Crippen LogP contribution < -0.4 is 0 Å². The van der Waals surface area contributed by atoms with Crippen molar-refractivity contribution >= 4 is 0 Å². The largest absolute Gasteiger partial charge is 0.387 e. The first-order valence-corrected chi connectivity index (χ1v) is 5.85. The maximum atomic E-state index is 13.4. The molecule has 1 aliphatic carbocycles. The van der Waals surface area contributed by atoms with Crippen molar-refractivity contribution in [2.75, 3.05) is 13.1 Å². The van der Waals surface area contributed by atoms with Gasteiger partial charge in [0.2, 0.25) is 0 Å². The van der Waals surface area contributed by atoms with Crippen LogP contribution in [-0.4, -0.2) is 28.7 Å². The predicted octanol–water partition coefficient (Wildman–Crippen LogP) is 1.78. The third-order valence-electron chi connectivity index (χ3n) is 3.68. The fraction of sp³-hybridized carbons (Fsp3) is 0.538. The number of aliphatic hydroxyl groups is 1. The van der Waals surface area contributed by atoms with Crippen molar-refractivity contribution < 1.29 is 9.50 Å². The molecular weight excluding hydrogens is 205 g/mol. The summed E-state index contributed by atoms with van der Waals surface area (Å²) in [4.78, 5) is 2.11. The lowest BCUT2D eigenvalue weighted by atomic mass is 9.88. The molecule has 3 heteroatoms. The van der Waals surface area contributed by atoms with Crippen molar-refractivity contribution in [2.24, 2.45) is 5.92 Å². The van der Waals surface area contributed by atoms with Crippen LogP contribution in [0.15, 0.2) is 24.3 Å². The van der Waals surface area contributed by atoms with Gasteiger partial charge in [0.05, 0.1) is 5.60 Å². The second kappa shape index (κ2) is 3.54. The fourth-order valence-electron chi connectivity index (χ4n) is 2.59. The number of halogens is 1. The van der Waals surface area contributed by atoms with E-state index in [0.717, 1.165) is 18.4 Å². The SMILES string of the molecule is OC1(C2CC2)CN(Cc2ccccc2F)C1. The highest BCUT2D eigenvalue weighted by Gasteiger charge is 2.51. The summed E-state index contributed by atoms with van der Waals surface area (Å²) in [6.07, 6.45) is 2.31. The van der Waals surface area contributed by atoms with Gasteiger partial charge in [0.25, 0.3) is 0 Å². The monoisotopic (exact) mass is 221 g/mol. The molecule has 0 bridgehead atoms. The minimum Gasteiger partial charge on any atom is -0.387 e. The van der Waals surface area contributed by atoms with E-state index in [1.165, 1.54) is 6.07 Å². The van der Waals surface area contributed by atoms with E-state index in [0.29, 0.717) is 25.6 Å². The van der Waals surface area contributed by atoms with Crippen LogP contribution >= 0.6 is 0 Å². The van der Waals surface area contributed by atoms with Crippen LogP contribution in [-0.2, 0) is 6.54 Å². The van der Waals surface area contributed by atoms with E-state index in [1.807, 2.05) is 12.1 Å². The molecule has 0 aromatic heterocycles. The van der Waals surface area contributed by atoms with E-state index in [9.17, 15) is 9.50 Å². The van der Waals surface area contributed by atoms with E-state index in [2.05, 4.69) is 4.90 Å². The van der Waals surface area contributed by atoms with Gasteiger partial charge >= 0.3 is 0 Å². The van der Waals surface area contributed by atoms with Gasteiger partial charge in [-0.2, -0.15) is 0 Å². The lowest BCUT2D eigenvalue weighted by Gasteiger charge is -2.47. The average molecular weight is 221 g/mol. The first-order chi connectivity index (χ1) is 7.67. The number of β-amino-alcohol motifs (C(OH)–C–C–N with tert-alkyl or cyclic N) is 1. The van der Waals surface area contributed by atoms with E-state index in [4.69, 9.17) is 0 Å². The molecular formula is C13H16FNO. The highest BCUT2D eigenvalue weighted by molar-refractivity contribution is 5.18. The predicted molar refractivity (Wildman–Crippen MR) is 59.4 cm³/mol. The minimum atomic E-state index is -0.467. The summed E-state index contributed by atoms with van der Waals surface area (Å²) in [5, 5.41) is 10.1. The van der Waals surface area contributed by atoms with Crippen molar-refractivity contribution in [2.45, 2.75) is 25.0 Å². The van der Waals surface area contributed by atoms with Crippen molar-refractivity contribution in [3.8, 4) is 0 Å². The molecule has 2 aliphatic rings. The maximum Gasteiger partial charge on any atom is 0.127 e. The summed E-state index contributed by atoms with van der Waals surface area (Å²) < 4.78 is 13.4. The maximum absolute atomic E-state index is 13.4. The average Bonchev–Trinajstić information content (AvgIpc) is 3.02. The fourth-order valence-corrected chi connectivity index (χ4v) is 2.59. The van der Waals surface area contributed by atoms with E-state index >= 15 is 0 Å². The van der Waals surface area contributed by atoms with Crippen LogP contribution in [0.3, 0.4) is 0 Å². The Kier molecular flexibility index (Phi) is 2.26. The smallest absolute Gasteiger partial charge is 0.127 e. The number of rotatable bonds is 3. The Hall–Kier alpha value is -0.930. The number of nitrogens with zero attached hydrogens (tertiary/aromatic N) is 1. The second-order valence-electron chi connectivity index (χ2n) is 5.11. The molecule has 1 saturated heterocycles. The molecule has 2 nitrogen and oxygen atoms in total. The van der Waals surface area contributed by atoms with E-state index < -0.39 is 5.60 Å². The highest BCUT2D eigenvalue weighted by Crippen LogP contribution is 2.44. The van der Waals surface area contributed by atoms with Crippen molar-refractivity contribution in [1.82, 2.24) is 4.90 Å². The van der Waals surface area contributed by atoms with Crippen molar-refractivity contribution in [1.29, 1.82) is 0 Å². The van der Waals surface area contributed by atoms with Crippen LogP contribution in [0.5, 0.6) is 0 Å². The second-order valence-corrected chi connectivity index (χ2v) is 5.11. The molecule has 0 radical (unpaired) electrons. The molecule has 0 atom stereocenters. The number of likely N-dealkylation sites (tertiary alicyclic amines) is 1. The van der Waals surface area contributed by atoms with Crippen LogP contribution in [0.2, 0.25) is 0 Å². The quantitative estimate of drug-likeness (QED) is 0.841. The Bertz CT molecular complexity index is 397. The molecule has 1 aliphatic heterocycles. The normalized spacial score (nSPS) is 24.1. The van der Waals surface area contributed by atoms with Gasteiger partial charge in [0.1, 0.15) is 5.82 Å². The highest BCUT2D eigenvalue weighted by atomic mass is 19.1. The molecule has 1 heterocycles. The van der Waals surface area contributed by atoms with Crippen LogP contribution in [0.4, 0.5) is 4.39 Å². The zero-order chi connectivity index (χ0) is 11.2. The van der Waals surface area contributed by atoms with Gasteiger partial charge in [-0.3, -0.25) is 4.90 Å². The topological polar surface area (TPSA) is 23.5 Å². The van der Waals surface area contributed by atoms with Gasteiger partial charge in [0, 0.05) is 25.2 Å². The summed E-state index contributed by atoms with van der Waals surface area (Å²) in [6.45, 7) is 2.01. The first kappa shape index (κ1) is 10.2. The third-order valence-corrected chi connectivity index (χ3v) is 3.68. The summed E-state index contributed by atoms with van der Waals surface area (Å²) >= 11 is 0. The summed E-state index contributed by atoms with van der Waals surface area (Å²) in [6, 6.07) is 6.85. The Balaban J connectivity index is 1.60. The van der Waals surface area contributed by atoms with Gasteiger partial charge < -0.3 is 5.11 Å². The molecule has 1 aromatic carbocycles. The molecule has 0 unspecified atom stereocenters. The van der Waals surface area contributed by atoms with Gasteiger partial charge in [-0.1, -0.05) is 18.2 Å². The Morgan fingerprint density at radius 1 is 1.31 bits per heavy atom. The molecule has 1 saturated carbocycles. The van der Waals surface area contributed by atoms with Gasteiger partial charge in [-0.15, -0.1) is 0 Å². The zero-order valence-corrected chi connectivity index (χ0v) is 9.19. The molecule has 0 amide bonds. The molecule has 1 N–H and O–H groups in total. The Labute approximate surface area is 94.7 Å². The molecule has 86 valence electrons. The van der Waals surface area contributed by atoms with Crippen LogP contribution in [0, 0.1) is 11.7 Å². The van der Waals surface area contributed by atoms with Crippen LogP contribution in [0.1, 0.15) is 18.4 Å². The first-order valence-electron chi connectivity index (χ1n) is 5.85. The van der Waals surface area contributed by atoms with E-state index in [-0.39, 0.29) is 5.82 Å². The van der Waals surface area contributed by atoms with Gasteiger partial charge in [-0.05, 0) is 24.8 Å².